The average molecular weight is 349 g/mol. The lowest BCUT2D eigenvalue weighted by Gasteiger charge is -2.11. The molecule has 0 aliphatic heterocycles. The molecule has 1 aromatic heterocycles. The van der Waals surface area contributed by atoms with Crippen LogP contribution in [0.5, 0.6) is 5.88 Å². The van der Waals surface area contributed by atoms with E-state index in [1.54, 1.807) is 24.3 Å². The van der Waals surface area contributed by atoms with E-state index in [1.165, 1.54) is 19.2 Å². The van der Waals surface area contributed by atoms with Crippen molar-refractivity contribution in [3.63, 3.8) is 0 Å². The third-order valence-electron chi connectivity index (χ3n) is 3.21. The zero-order valence-electron chi connectivity index (χ0n) is 13.2. The maximum absolute atomic E-state index is 12.1. The first-order chi connectivity index (χ1) is 11.8. The lowest BCUT2D eigenvalue weighted by atomic mass is 10.1. The smallest absolute Gasteiger partial charge is 0.422 e. The van der Waals surface area contributed by atoms with E-state index < -0.39 is 12.8 Å². The van der Waals surface area contributed by atoms with Crippen molar-refractivity contribution >= 4 is 11.5 Å². The van der Waals surface area contributed by atoms with E-state index in [4.69, 9.17) is 5.26 Å². The van der Waals surface area contributed by atoms with Crippen molar-refractivity contribution in [3.05, 3.63) is 53.2 Å². The van der Waals surface area contributed by atoms with Crippen LogP contribution in [0.2, 0.25) is 0 Å². The molecule has 1 heterocycles. The lowest BCUT2D eigenvalue weighted by molar-refractivity contribution is -0.154. The van der Waals surface area contributed by atoms with Gasteiger partial charge in [-0.3, -0.25) is 4.79 Å². The van der Waals surface area contributed by atoms with Crippen LogP contribution < -0.4 is 10.1 Å². The van der Waals surface area contributed by atoms with Gasteiger partial charge in [0.05, 0.1) is 11.3 Å². The van der Waals surface area contributed by atoms with Crippen molar-refractivity contribution in [2.45, 2.75) is 19.6 Å². The van der Waals surface area contributed by atoms with Crippen molar-refractivity contribution in [1.29, 1.82) is 5.26 Å². The van der Waals surface area contributed by atoms with Crippen LogP contribution in [0.4, 0.5) is 18.9 Å². The fourth-order valence-electron chi connectivity index (χ4n) is 1.96. The third kappa shape index (κ3) is 5.49. The minimum absolute atomic E-state index is 0.125. The van der Waals surface area contributed by atoms with Crippen LogP contribution in [0.3, 0.4) is 0 Å². The Bertz CT molecular complexity index is 796. The molecule has 0 bridgehead atoms. The molecule has 0 aliphatic rings. The standard InChI is InChI=1S/C17H14F3N3O2/c1-11(24)13-3-4-14(7-21)15(6-13)22-8-12-2-5-16(23-9-12)25-10-17(18,19)20/h2-6,9,22H,8,10H2,1H3. The maximum Gasteiger partial charge on any atom is 0.422 e. The molecule has 0 radical (unpaired) electrons. The number of nitrogens with zero attached hydrogens (tertiary/aromatic N) is 2. The molecule has 0 aliphatic carbocycles. The summed E-state index contributed by atoms with van der Waals surface area (Å²) in [5, 5.41) is 12.1. The lowest BCUT2D eigenvalue weighted by Crippen LogP contribution is -2.19. The van der Waals surface area contributed by atoms with Gasteiger partial charge in [0, 0.05) is 24.4 Å². The van der Waals surface area contributed by atoms with Crippen LogP contribution in [0.15, 0.2) is 36.5 Å². The van der Waals surface area contributed by atoms with Gasteiger partial charge >= 0.3 is 6.18 Å². The fourth-order valence-corrected chi connectivity index (χ4v) is 1.96. The van der Waals surface area contributed by atoms with Crippen LogP contribution in [-0.2, 0) is 6.54 Å². The van der Waals surface area contributed by atoms with Gasteiger partial charge in [-0.1, -0.05) is 6.07 Å². The van der Waals surface area contributed by atoms with E-state index in [1.807, 2.05) is 6.07 Å². The minimum Gasteiger partial charge on any atom is -0.468 e. The molecule has 0 amide bonds. The number of ketones is 1. The summed E-state index contributed by atoms with van der Waals surface area (Å²) in [4.78, 5) is 15.2. The van der Waals surface area contributed by atoms with Crippen molar-refractivity contribution in [2.75, 3.05) is 11.9 Å². The molecule has 0 spiro atoms. The third-order valence-corrected chi connectivity index (χ3v) is 3.21. The number of carbonyl (C=O) groups excluding carboxylic acids is 1. The van der Waals surface area contributed by atoms with Crippen molar-refractivity contribution in [3.8, 4) is 11.9 Å². The van der Waals surface area contributed by atoms with Crippen molar-refractivity contribution < 1.29 is 22.7 Å². The summed E-state index contributed by atoms with van der Waals surface area (Å²) in [5.41, 5.74) is 2.02. The molecule has 0 saturated heterocycles. The van der Waals surface area contributed by atoms with Gasteiger partial charge in [-0.25, -0.2) is 4.98 Å². The molecule has 25 heavy (non-hydrogen) atoms. The number of rotatable bonds is 6. The van der Waals surface area contributed by atoms with Gasteiger partial charge in [-0.15, -0.1) is 0 Å². The van der Waals surface area contributed by atoms with Crippen molar-refractivity contribution in [2.24, 2.45) is 0 Å². The first-order valence-corrected chi connectivity index (χ1v) is 7.22. The molecule has 0 fully saturated rings. The number of nitrogens with one attached hydrogen (secondary N) is 1. The predicted molar refractivity (Wildman–Crippen MR) is 84.3 cm³/mol. The molecule has 2 rings (SSSR count). The molecule has 8 heteroatoms. The van der Waals surface area contributed by atoms with Crippen LogP contribution in [0.25, 0.3) is 0 Å². The molecule has 1 N–H and O–H groups in total. The number of nitriles is 1. The number of aromatic nitrogens is 1. The van der Waals surface area contributed by atoms with Gasteiger partial charge in [-0.2, -0.15) is 18.4 Å². The number of hydrogen-bond donors (Lipinski definition) is 1. The van der Waals surface area contributed by atoms with Crippen LogP contribution >= 0.6 is 0 Å². The number of Topliss-reactive ketones (excluding diaryl/α,β-unsaturated/α-hetero) is 1. The van der Waals surface area contributed by atoms with Gasteiger partial charge in [0.15, 0.2) is 12.4 Å². The minimum atomic E-state index is -4.42. The second-order valence-corrected chi connectivity index (χ2v) is 5.19. The summed E-state index contributed by atoms with van der Waals surface area (Å²) >= 11 is 0. The molecule has 1 aromatic carbocycles. The van der Waals surface area contributed by atoms with Crippen LogP contribution in [0, 0.1) is 11.3 Å². The number of ether oxygens (including phenoxy) is 1. The molecule has 5 nitrogen and oxygen atoms in total. The zero-order valence-corrected chi connectivity index (χ0v) is 13.2. The van der Waals surface area contributed by atoms with Gasteiger partial charge in [0.2, 0.25) is 5.88 Å². The molecule has 0 atom stereocenters. The van der Waals surface area contributed by atoms with Crippen LogP contribution in [-0.4, -0.2) is 23.6 Å². The van der Waals surface area contributed by atoms with Gasteiger partial charge < -0.3 is 10.1 Å². The number of hydrogen-bond acceptors (Lipinski definition) is 5. The van der Waals surface area contributed by atoms with E-state index in [-0.39, 0.29) is 18.2 Å². The zero-order chi connectivity index (χ0) is 18.4. The fraction of sp³-hybridized carbons (Fsp3) is 0.235. The van der Waals surface area contributed by atoms with E-state index in [2.05, 4.69) is 15.0 Å². The predicted octanol–water partition coefficient (Wildman–Crippen LogP) is 3.71. The summed E-state index contributed by atoms with van der Waals surface area (Å²) in [6, 6.07) is 9.61. The number of carbonyl (C=O) groups is 1. The molecular weight excluding hydrogens is 335 g/mol. The highest BCUT2D eigenvalue weighted by Gasteiger charge is 2.28. The van der Waals surface area contributed by atoms with E-state index in [9.17, 15) is 18.0 Å². The Balaban J connectivity index is 2.03. The maximum atomic E-state index is 12.1. The van der Waals surface area contributed by atoms with Gasteiger partial charge in [0.1, 0.15) is 6.07 Å². The summed E-state index contributed by atoms with van der Waals surface area (Å²) in [5.74, 6) is -0.252. The second-order valence-electron chi connectivity index (χ2n) is 5.19. The van der Waals surface area contributed by atoms with Crippen LogP contribution in [0.1, 0.15) is 28.4 Å². The first-order valence-electron chi connectivity index (χ1n) is 7.22. The highest BCUT2D eigenvalue weighted by Crippen LogP contribution is 2.20. The Morgan fingerprint density at radius 1 is 1.32 bits per heavy atom. The van der Waals surface area contributed by atoms with E-state index in [0.29, 0.717) is 22.4 Å². The molecule has 0 saturated carbocycles. The Labute approximate surface area is 142 Å². The summed E-state index contributed by atoms with van der Waals surface area (Å²) < 4.78 is 40.8. The Morgan fingerprint density at radius 2 is 2.08 bits per heavy atom. The Morgan fingerprint density at radius 3 is 2.64 bits per heavy atom. The topological polar surface area (TPSA) is 75.0 Å². The highest BCUT2D eigenvalue weighted by molar-refractivity contribution is 5.95. The number of halogens is 3. The summed E-state index contributed by atoms with van der Waals surface area (Å²) in [7, 11) is 0. The van der Waals surface area contributed by atoms with Crippen molar-refractivity contribution in [1.82, 2.24) is 4.98 Å². The monoisotopic (exact) mass is 349 g/mol. The largest absolute Gasteiger partial charge is 0.468 e. The highest BCUT2D eigenvalue weighted by atomic mass is 19.4. The molecular formula is C17H14F3N3O2. The van der Waals surface area contributed by atoms with E-state index >= 15 is 0 Å². The molecule has 2 aromatic rings. The summed E-state index contributed by atoms with van der Waals surface area (Å²) in [6.45, 7) is 0.304. The molecule has 130 valence electrons. The van der Waals surface area contributed by atoms with Gasteiger partial charge in [-0.05, 0) is 30.7 Å². The second kappa shape index (κ2) is 7.66. The number of anilines is 1. The summed E-state index contributed by atoms with van der Waals surface area (Å²) in [6.07, 6.45) is -3.04. The normalized spacial score (nSPS) is 10.8. The Hall–Kier alpha value is -3.08. The average Bonchev–Trinajstić information content (AvgIpc) is 2.58. The number of benzene rings is 1. The number of alkyl halides is 3. The quantitative estimate of drug-likeness (QED) is 0.805. The Kier molecular flexibility index (Phi) is 5.60. The van der Waals surface area contributed by atoms with Gasteiger partial charge in [0.25, 0.3) is 0 Å². The SMILES string of the molecule is CC(=O)c1ccc(C#N)c(NCc2ccc(OCC(F)(F)F)nc2)c1. The van der Waals surface area contributed by atoms with E-state index in [0.717, 1.165) is 0 Å². The number of pyridine rings is 1. The molecule has 0 unspecified atom stereocenters. The first kappa shape index (κ1) is 18.3.